The predicted octanol–water partition coefficient (Wildman–Crippen LogP) is 4.18. The van der Waals surface area contributed by atoms with Gasteiger partial charge in [0.2, 0.25) is 0 Å². The fourth-order valence-corrected chi connectivity index (χ4v) is 2.52. The van der Waals surface area contributed by atoms with Crippen LogP contribution < -0.4 is 0 Å². The Bertz CT molecular complexity index is 488. The van der Waals surface area contributed by atoms with E-state index in [2.05, 4.69) is 24.3 Å². The second-order valence-corrected chi connectivity index (χ2v) is 6.50. The Kier molecular flexibility index (Phi) is 5.05. The number of hydrogen-bond acceptors (Lipinski definition) is 2. The van der Waals surface area contributed by atoms with E-state index in [0.29, 0.717) is 0 Å². The number of benzene rings is 1. The lowest BCUT2D eigenvalue weighted by molar-refractivity contribution is 0.0256. The van der Waals surface area contributed by atoms with Crippen LogP contribution >= 0.6 is 0 Å². The van der Waals surface area contributed by atoms with Crippen LogP contribution in [0.2, 0.25) is 0 Å². The highest BCUT2D eigenvalue weighted by Gasteiger charge is 2.30. The quantitative estimate of drug-likeness (QED) is 0.780. The molecule has 1 atom stereocenters. The van der Waals surface area contributed by atoms with Crippen LogP contribution in [-0.4, -0.2) is 29.2 Å². The van der Waals surface area contributed by atoms with Crippen LogP contribution in [0, 0.1) is 0 Å². The molecule has 1 fully saturated rings. The molecule has 21 heavy (non-hydrogen) atoms. The van der Waals surface area contributed by atoms with Gasteiger partial charge in [-0.1, -0.05) is 42.5 Å². The third-order valence-electron chi connectivity index (χ3n) is 3.48. The number of hydrogen-bond donors (Lipinski definition) is 0. The summed E-state index contributed by atoms with van der Waals surface area (Å²) in [5.74, 6) is 0. The molecule has 1 amide bonds. The Morgan fingerprint density at radius 1 is 1.33 bits per heavy atom. The van der Waals surface area contributed by atoms with Gasteiger partial charge in [-0.2, -0.15) is 0 Å². The molecule has 1 aliphatic rings. The van der Waals surface area contributed by atoms with Gasteiger partial charge in [0, 0.05) is 6.54 Å². The van der Waals surface area contributed by atoms with Crippen molar-refractivity contribution in [2.75, 3.05) is 6.54 Å². The fraction of sp³-hybridized carbons (Fsp3) is 0.500. The van der Waals surface area contributed by atoms with Crippen molar-refractivity contribution in [2.45, 2.75) is 51.7 Å². The minimum absolute atomic E-state index is 0.170. The Morgan fingerprint density at radius 2 is 2.05 bits per heavy atom. The van der Waals surface area contributed by atoms with Gasteiger partial charge in [-0.15, -0.1) is 0 Å². The number of amides is 1. The van der Waals surface area contributed by atoms with E-state index < -0.39 is 5.60 Å². The number of carbonyl (C=O) groups excluding carboxylic acids is 1. The van der Waals surface area contributed by atoms with E-state index in [-0.39, 0.29) is 12.1 Å². The first-order valence-electron chi connectivity index (χ1n) is 7.66. The van der Waals surface area contributed by atoms with Gasteiger partial charge in [0.1, 0.15) is 5.60 Å². The Labute approximate surface area is 127 Å². The summed E-state index contributed by atoms with van der Waals surface area (Å²) < 4.78 is 5.47. The highest BCUT2D eigenvalue weighted by molar-refractivity contribution is 5.69. The standard InChI is InChI=1S/C18H25NO2/c1-18(2,3)21-17(20)19-14-8-13-16(19)12-7-11-15-9-5-4-6-10-15/h4-7,9-10,12,16H,8,11,13-14H2,1-3H3/b12-7+/t16-/m1/s1. The Balaban J connectivity index is 1.91. The van der Waals surface area contributed by atoms with Crippen molar-refractivity contribution in [2.24, 2.45) is 0 Å². The lowest BCUT2D eigenvalue weighted by Gasteiger charge is -2.27. The van der Waals surface area contributed by atoms with Crippen molar-refractivity contribution < 1.29 is 9.53 Å². The van der Waals surface area contributed by atoms with Crippen LogP contribution in [0.3, 0.4) is 0 Å². The summed E-state index contributed by atoms with van der Waals surface area (Å²) in [6.07, 6.45) is 7.06. The summed E-state index contributed by atoms with van der Waals surface area (Å²) >= 11 is 0. The number of nitrogens with zero attached hydrogens (tertiary/aromatic N) is 1. The van der Waals surface area contributed by atoms with Gasteiger partial charge in [-0.05, 0) is 45.6 Å². The summed E-state index contributed by atoms with van der Waals surface area (Å²) in [6.45, 7) is 6.50. The molecule has 1 aliphatic heterocycles. The molecule has 0 spiro atoms. The number of carbonyl (C=O) groups is 1. The number of allylic oxidation sites excluding steroid dienone is 1. The molecule has 1 aromatic rings. The van der Waals surface area contributed by atoms with Crippen molar-refractivity contribution >= 4 is 6.09 Å². The van der Waals surface area contributed by atoms with Crippen molar-refractivity contribution in [3.63, 3.8) is 0 Å². The molecule has 0 radical (unpaired) electrons. The normalized spacial score (nSPS) is 19.2. The molecule has 1 aromatic carbocycles. The summed E-state index contributed by atoms with van der Waals surface area (Å²) in [7, 11) is 0. The fourth-order valence-electron chi connectivity index (χ4n) is 2.52. The zero-order valence-corrected chi connectivity index (χ0v) is 13.2. The van der Waals surface area contributed by atoms with E-state index in [4.69, 9.17) is 4.74 Å². The first kappa shape index (κ1) is 15.6. The van der Waals surface area contributed by atoms with Crippen LogP contribution in [0.1, 0.15) is 39.2 Å². The first-order valence-corrected chi connectivity index (χ1v) is 7.66. The third kappa shape index (κ3) is 4.92. The van der Waals surface area contributed by atoms with Crippen LogP contribution in [0.25, 0.3) is 0 Å². The summed E-state index contributed by atoms with van der Waals surface area (Å²) in [6, 6.07) is 10.5. The molecule has 0 unspecified atom stereocenters. The molecule has 114 valence electrons. The Hall–Kier alpha value is -1.77. The van der Waals surface area contributed by atoms with Crippen molar-refractivity contribution in [1.29, 1.82) is 0 Å². The molecule has 0 aromatic heterocycles. The van der Waals surface area contributed by atoms with E-state index in [1.165, 1.54) is 5.56 Å². The van der Waals surface area contributed by atoms with Gasteiger partial charge in [-0.25, -0.2) is 4.79 Å². The lowest BCUT2D eigenvalue weighted by atomic mass is 10.1. The number of rotatable bonds is 3. The van der Waals surface area contributed by atoms with E-state index in [0.717, 1.165) is 25.8 Å². The largest absolute Gasteiger partial charge is 0.444 e. The second-order valence-electron chi connectivity index (χ2n) is 6.50. The summed E-state index contributed by atoms with van der Waals surface area (Å²) in [5.41, 5.74) is 0.855. The SMILES string of the molecule is CC(C)(C)OC(=O)N1CCC[C@H]1/C=C/Cc1ccccc1. The topological polar surface area (TPSA) is 29.5 Å². The molecule has 3 nitrogen and oxygen atoms in total. The molecular weight excluding hydrogens is 262 g/mol. The number of likely N-dealkylation sites (tertiary alicyclic amines) is 1. The molecule has 0 bridgehead atoms. The lowest BCUT2D eigenvalue weighted by Crippen LogP contribution is -2.39. The van der Waals surface area contributed by atoms with Crippen molar-refractivity contribution in [3.05, 3.63) is 48.0 Å². The van der Waals surface area contributed by atoms with Crippen LogP contribution in [0.4, 0.5) is 4.79 Å². The maximum atomic E-state index is 12.2. The first-order chi connectivity index (χ1) is 9.96. The maximum absolute atomic E-state index is 12.2. The molecular formula is C18H25NO2. The highest BCUT2D eigenvalue weighted by atomic mass is 16.6. The van der Waals surface area contributed by atoms with Gasteiger partial charge in [0.05, 0.1) is 6.04 Å². The minimum atomic E-state index is -0.433. The molecule has 0 aliphatic carbocycles. The van der Waals surface area contributed by atoms with Gasteiger partial charge in [-0.3, -0.25) is 0 Å². The maximum Gasteiger partial charge on any atom is 0.410 e. The van der Waals surface area contributed by atoms with Crippen molar-refractivity contribution in [1.82, 2.24) is 4.90 Å². The van der Waals surface area contributed by atoms with Gasteiger partial charge in [0.15, 0.2) is 0 Å². The smallest absolute Gasteiger partial charge is 0.410 e. The minimum Gasteiger partial charge on any atom is -0.444 e. The molecule has 0 N–H and O–H groups in total. The van der Waals surface area contributed by atoms with Crippen LogP contribution in [-0.2, 0) is 11.2 Å². The van der Waals surface area contributed by atoms with Gasteiger partial charge in [0.25, 0.3) is 0 Å². The monoisotopic (exact) mass is 287 g/mol. The zero-order chi connectivity index (χ0) is 15.3. The molecule has 1 heterocycles. The van der Waals surface area contributed by atoms with Crippen LogP contribution in [0.15, 0.2) is 42.5 Å². The zero-order valence-electron chi connectivity index (χ0n) is 13.2. The van der Waals surface area contributed by atoms with Gasteiger partial charge < -0.3 is 9.64 Å². The molecule has 1 saturated heterocycles. The molecule has 0 saturated carbocycles. The summed E-state index contributed by atoms with van der Waals surface area (Å²) in [4.78, 5) is 14.0. The van der Waals surface area contributed by atoms with E-state index >= 15 is 0 Å². The number of ether oxygens (including phenoxy) is 1. The highest BCUT2D eigenvalue weighted by Crippen LogP contribution is 2.21. The average Bonchev–Trinajstić information content (AvgIpc) is 2.86. The second kappa shape index (κ2) is 6.79. The average molecular weight is 287 g/mol. The van der Waals surface area contributed by atoms with E-state index in [1.54, 1.807) is 0 Å². The van der Waals surface area contributed by atoms with Crippen LogP contribution in [0.5, 0.6) is 0 Å². The van der Waals surface area contributed by atoms with E-state index in [1.807, 2.05) is 43.9 Å². The predicted molar refractivity (Wildman–Crippen MR) is 85.2 cm³/mol. The van der Waals surface area contributed by atoms with E-state index in [9.17, 15) is 4.79 Å². The molecule has 2 rings (SSSR count). The Morgan fingerprint density at radius 3 is 2.71 bits per heavy atom. The molecule has 3 heteroatoms. The van der Waals surface area contributed by atoms with Crippen molar-refractivity contribution in [3.8, 4) is 0 Å². The summed E-state index contributed by atoms with van der Waals surface area (Å²) in [5, 5.41) is 0. The van der Waals surface area contributed by atoms with Gasteiger partial charge >= 0.3 is 6.09 Å². The third-order valence-corrected chi connectivity index (χ3v) is 3.48.